The highest BCUT2D eigenvalue weighted by Crippen LogP contribution is 2.36. The molecule has 0 radical (unpaired) electrons. The molecule has 2 atom stereocenters. The molecule has 4 heterocycles. The van der Waals surface area contributed by atoms with Crippen molar-refractivity contribution >= 4 is 21.6 Å². The van der Waals surface area contributed by atoms with Crippen molar-refractivity contribution in [2.75, 3.05) is 0 Å². The number of fused-ring (bicyclic) bond motifs is 1. The van der Waals surface area contributed by atoms with Gasteiger partial charge in [-0.2, -0.15) is 0 Å². The number of rotatable bonds is 4. The number of pyridine rings is 1. The van der Waals surface area contributed by atoms with Gasteiger partial charge < -0.3 is 16.5 Å². The third-order valence-electron chi connectivity index (χ3n) is 4.15. The summed E-state index contributed by atoms with van der Waals surface area (Å²) in [5, 5.41) is 2.08. The van der Waals surface area contributed by atoms with Crippen molar-refractivity contribution < 1.29 is 0 Å². The van der Waals surface area contributed by atoms with Crippen LogP contribution in [-0.4, -0.2) is 26.0 Å². The Morgan fingerprint density at radius 1 is 1.12 bits per heavy atom. The van der Waals surface area contributed by atoms with Gasteiger partial charge in [-0.05, 0) is 31.2 Å². The second-order valence-corrected chi connectivity index (χ2v) is 6.84. The fourth-order valence-corrected chi connectivity index (χ4v) is 3.78. The Bertz CT molecular complexity index is 991. The van der Waals surface area contributed by atoms with E-state index in [0.29, 0.717) is 5.82 Å². The zero-order valence-electron chi connectivity index (χ0n) is 13.7. The van der Waals surface area contributed by atoms with Gasteiger partial charge in [0.15, 0.2) is 5.82 Å². The molecule has 0 aromatic carbocycles. The van der Waals surface area contributed by atoms with E-state index in [4.69, 9.17) is 21.4 Å². The van der Waals surface area contributed by atoms with E-state index in [2.05, 4.69) is 15.3 Å². The fourth-order valence-electron chi connectivity index (χ4n) is 2.73. The monoisotopic (exact) mass is 350 g/mol. The van der Waals surface area contributed by atoms with Crippen molar-refractivity contribution in [2.45, 2.75) is 19.0 Å². The van der Waals surface area contributed by atoms with Crippen LogP contribution in [0.1, 0.15) is 18.7 Å². The molecule has 4 aromatic rings. The minimum absolute atomic E-state index is 0.209. The molecule has 0 aliphatic rings. The zero-order chi connectivity index (χ0) is 17.4. The summed E-state index contributed by atoms with van der Waals surface area (Å²) in [6.07, 6.45) is 5.36. The summed E-state index contributed by atoms with van der Waals surface area (Å²) in [5.74, 6) is 0.632. The number of aromatic nitrogens is 4. The molecule has 126 valence electrons. The van der Waals surface area contributed by atoms with E-state index in [9.17, 15) is 0 Å². The average molecular weight is 350 g/mol. The zero-order valence-corrected chi connectivity index (χ0v) is 14.5. The lowest BCUT2D eigenvalue weighted by Gasteiger charge is -2.16. The van der Waals surface area contributed by atoms with Crippen molar-refractivity contribution in [3.05, 3.63) is 53.9 Å². The van der Waals surface area contributed by atoms with Crippen LogP contribution >= 0.6 is 11.3 Å². The van der Waals surface area contributed by atoms with Crippen LogP contribution in [0.2, 0.25) is 0 Å². The topological polar surface area (TPSA) is 106 Å². The fraction of sp³-hybridized carbons (Fsp3) is 0.167. The molecular weight excluding hydrogens is 332 g/mol. The first kappa shape index (κ1) is 15.9. The highest BCUT2D eigenvalue weighted by Gasteiger charge is 2.22. The molecule has 0 fully saturated rings. The third-order valence-corrected chi connectivity index (χ3v) is 5.14. The molecule has 0 bridgehead atoms. The maximum Gasteiger partial charge on any atom is 0.160 e. The summed E-state index contributed by atoms with van der Waals surface area (Å²) >= 11 is 1.60. The Hall–Kier alpha value is -2.61. The number of nitrogens with zero attached hydrogens (tertiary/aromatic N) is 3. The maximum absolute atomic E-state index is 6.35. The minimum atomic E-state index is -0.360. The number of nitrogens with two attached hydrogens (primary N) is 2. The van der Waals surface area contributed by atoms with Crippen LogP contribution in [0.5, 0.6) is 0 Å². The SMILES string of the molecule is CC(N)C(N)c1nc(-c2ccncc2)nc2c(-c3ccc[nH]3)csc12. The van der Waals surface area contributed by atoms with E-state index in [-0.39, 0.29) is 12.1 Å². The van der Waals surface area contributed by atoms with Crippen LogP contribution in [0.3, 0.4) is 0 Å². The second-order valence-electron chi connectivity index (χ2n) is 5.96. The second kappa shape index (κ2) is 6.36. The van der Waals surface area contributed by atoms with E-state index in [0.717, 1.165) is 32.7 Å². The Labute approximate surface area is 149 Å². The molecule has 0 amide bonds. The van der Waals surface area contributed by atoms with Crippen molar-refractivity contribution in [1.82, 2.24) is 19.9 Å². The van der Waals surface area contributed by atoms with Crippen LogP contribution in [0.25, 0.3) is 32.9 Å². The predicted molar refractivity (Wildman–Crippen MR) is 101 cm³/mol. The molecule has 7 heteroatoms. The van der Waals surface area contributed by atoms with Gasteiger partial charge in [-0.3, -0.25) is 4.98 Å². The van der Waals surface area contributed by atoms with Gasteiger partial charge in [-0.1, -0.05) is 0 Å². The quantitative estimate of drug-likeness (QED) is 0.524. The Kier molecular flexibility index (Phi) is 4.04. The Morgan fingerprint density at radius 2 is 1.92 bits per heavy atom. The molecular formula is C18H18N6S. The van der Waals surface area contributed by atoms with Crippen molar-refractivity contribution in [2.24, 2.45) is 11.5 Å². The Morgan fingerprint density at radius 3 is 2.60 bits per heavy atom. The van der Waals surface area contributed by atoms with Crippen molar-refractivity contribution in [3.63, 3.8) is 0 Å². The molecule has 25 heavy (non-hydrogen) atoms. The smallest absolute Gasteiger partial charge is 0.160 e. The number of hydrogen-bond acceptors (Lipinski definition) is 6. The van der Waals surface area contributed by atoms with Gasteiger partial charge in [-0.15, -0.1) is 11.3 Å². The lowest BCUT2D eigenvalue weighted by molar-refractivity contribution is 0.579. The van der Waals surface area contributed by atoms with Crippen molar-refractivity contribution in [3.8, 4) is 22.6 Å². The van der Waals surface area contributed by atoms with Gasteiger partial charge in [0.1, 0.15) is 0 Å². The molecule has 0 saturated heterocycles. The van der Waals surface area contributed by atoms with E-state index in [1.54, 1.807) is 23.7 Å². The third kappa shape index (κ3) is 2.82. The minimum Gasteiger partial charge on any atom is -0.361 e. The summed E-state index contributed by atoms with van der Waals surface area (Å²) < 4.78 is 0.979. The number of H-pyrrole nitrogens is 1. The number of nitrogens with one attached hydrogen (secondary N) is 1. The van der Waals surface area contributed by atoms with Gasteiger partial charge >= 0.3 is 0 Å². The number of aromatic amines is 1. The summed E-state index contributed by atoms with van der Waals surface area (Å²) in [4.78, 5) is 16.9. The molecule has 5 N–H and O–H groups in total. The standard InChI is InChI=1S/C18H18N6S/c1-10(19)14(20)16-17-15(12(9-25-17)13-3-2-6-22-13)23-18(24-16)11-4-7-21-8-5-11/h2-10,14,22H,19-20H2,1H3. The van der Waals surface area contributed by atoms with Crippen LogP contribution < -0.4 is 11.5 Å². The lowest BCUT2D eigenvalue weighted by Crippen LogP contribution is -2.32. The molecule has 0 spiro atoms. The first-order valence-electron chi connectivity index (χ1n) is 7.99. The molecule has 4 rings (SSSR count). The molecule has 0 aliphatic heterocycles. The van der Waals surface area contributed by atoms with Gasteiger partial charge in [0.25, 0.3) is 0 Å². The van der Waals surface area contributed by atoms with E-state index in [1.807, 2.05) is 37.4 Å². The van der Waals surface area contributed by atoms with Gasteiger partial charge in [-0.25, -0.2) is 9.97 Å². The van der Waals surface area contributed by atoms with Crippen LogP contribution in [0.15, 0.2) is 48.2 Å². The van der Waals surface area contributed by atoms with Crippen LogP contribution in [-0.2, 0) is 0 Å². The van der Waals surface area contributed by atoms with Crippen LogP contribution in [0.4, 0.5) is 0 Å². The molecule has 2 unspecified atom stereocenters. The van der Waals surface area contributed by atoms with E-state index >= 15 is 0 Å². The van der Waals surface area contributed by atoms with Gasteiger partial charge in [0, 0.05) is 46.8 Å². The summed E-state index contributed by atoms with van der Waals surface area (Å²) in [6.45, 7) is 1.89. The summed E-state index contributed by atoms with van der Waals surface area (Å²) in [5.41, 5.74) is 17.0. The normalized spacial score (nSPS) is 13.9. The highest BCUT2D eigenvalue weighted by molar-refractivity contribution is 7.17. The first-order chi connectivity index (χ1) is 12.1. The van der Waals surface area contributed by atoms with E-state index in [1.165, 1.54) is 0 Å². The molecule has 0 aliphatic carbocycles. The average Bonchev–Trinajstić information content (AvgIpc) is 3.30. The largest absolute Gasteiger partial charge is 0.361 e. The number of thiophene rings is 1. The predicted octanol–water partition coefficient (Wildman–Crippen LogP) is 3.10. The maximum atomic E-state index is 6.35. The first-order valence-corrected chi connectivity index (χ1v) is 8.87. The number of hydrogen-bond donors (Lipinski definition) is 3. The Balaban J connectivity index is 1.99. The molecule has 0 saturated carbocycles. The highest BCUT2D eigenvalue weighted by atomic mass is 32.1. The molecule has 6 nitrogen and oxygen atoms in total. The molecule has 4 aromatic heterocycles. The summed E-state index contributed by atoms with van der Waals surface area (Å²) in [7, 11) is 0. The van der Waals surface area contributed by atoms with Crippen molar-refractivity contribution in [1.29, 1.82) is 0 Å². The lowest BCUT2D eigenvalue weighted by atomic mass is 10.1. The van der Waals surface area contributed by atoms with Gasteiger partial charge in [0.2, 0.25) is 0 Å². The van der Waals surface area contributed by atoms with Crippen LogP contribution in [0, 0.1) is 0 Å². The van der Waals surface area contributed by atoms with Gasteiger partial charge in [0.05, 0.1) is 22.0 Å². The summed E-state index contributed by atoms with van der Waals surface area (Å²) in [6, 6.07) is 7.21. The van der Waals surface area contributed by atoms with E-state index < -0.39 is 0 Å².